The van der Waals surface area contributed by atoms with Crippen molar-refractivity contribution < 1.29 is 14.2 Å². The van der Waals surface area contributed by atoms with Gasteiger partial charge >= 0.3 is 0 Å². The highest BCUT2D eigenvalue weighted by Gasteiger charge is 2.20. The van der Waals surface area contributed by atoms with E-state index in [9.17, 15) is 0 Å². The third-order valence-electron chi connectivity index (χ3n) is 5.05. The van der Waals surface area contributed by atoms with Gasteiger partial charge in [-0.05, 0) is 39.3 Å². The molecule has 0 radical (unpaired) electrons. The molecule has 0 bridgehead atoms. The van der Waals surface area contributed by atoms with Crippen LogP contribution in [0.2, 0.25) is 0 Å². The van der Waals surface area contributed by atoms with Crippen LogP contribution in [0.3, 0.4) is 0 Å². The van der Waals surface area contributed by atoms with Crippen LogP contribution >= 0.6 is 0 Å². The maximum absolute atomic E-state index is 6.09. The Bertz CT molecular complexity index is 839. The summed E-state index contributed by atoms with van der Waals surface area (Å²) in [4.78, 5) is 11.4. The van der Waals surface area contributed by atoms with Crippen molar-refractivity contribution in [3.63, 3.8) is 0 Å². The van der Waals surface area contributed by atoms with Gasteiger partial charge < -0.3 is 29.7 Å². The molecule has 29 heavy (non-hydrogen) atoms. The number of anilines is 3. The van der Waals surface area contributed by atoms with Crippen LogP contribution in [0.25, 0.3) is 0 Å². The van der Waals surface area contributed by atoms with Crippen LogP contribution in [0, 0.1) is 6.92 Å². The van der Waals surface area contributed by atoms with Gasteiger partial charge in [-0.15, -0.1) is 0 Å². The molecule has 8 nitrogen and oxygen atoms in total. The van der Waals surface area contributed by atoms with E-state index >= 15 is 0 Å². The summed E-state index contributed by atoms with van der Waals surface area (Å²) in [6.45, 7) is 7.11. The monoisotopic (exact) mass is 399 g/mol. The van der Waals surface area contributed by atoms with Crippen molar-refractivity contribution >= 4 is 17.5 Å². The predicted molar refractivity (Wildman–Crippen MR) is 113 cm³/mol. The molecule has 0 saturated carbocycles. The van der Waals surface area contributed by atoms with Crippen molar-refractivity contribution in [2.75, 3.05) is 57.1 Å². The summed E-state index contributed by atoms with van der Waals surface area (Å²) >= 11 is 0. The molecule has 3 heterocycles. The maximum atomic E-state index is 6.09. The second-order valence-corrected chi connectivity index (χ2v) is 7.34. The van der Waals surface area contributed by atoms with Gasteiger partial charge in [0.1, 0.15) is 19.0 Å². The molecular weight excluding hydrogens is 370 g/mol. The van der Waals surface area contributed by atoms with Gasteiger partial charge in [-0.25, -0.2) is 4.98 Å². The second-order valence-electron chi connectivity index (χ2n) is 7.34. The molecule has 2 aromatic rings. The minimum atomic E-state index is 0.519. The molecule has 8 heteroatoms. The number of hydrogen-bond donors (Lipinski definition) is 2. The Morgan fingerprint density at radius 2 is 1.93 bits per heavy atom. The molecule has 1 aromatic heterocycles. The van der Waals surface area contributed by atoms with Gasteiger partial charge in [0.25, 0.3) is 0 Å². The van der Waals surface area contributed by atoms with E-state index in [0.717, 1.165) is 30.2 Å². The first-order valence-electron chi connectivity index (χ1n) is 10.3. The van der Waals surface area contributed by atoms with Crippen LogP contribution < -0.4 is 24.8 Å². The van der Waals surface area contributed by atoms with Gasteiger partial charge in [0.15, 0.2) is 11.5 Å². The molecule has 1 saturated heterocycles. The molecule has 0 spiro atoms. The number of aryl methyl sites for hydroxylation is 1. The molecule has 2 aliphatic rings. The Kier molecular flexibility index (Phi) is 6.19. The van der Waals surface area contributed by atoms with Crippen molar-refractivity contribution in [1.29, 1.82) is 0 Å². The van der Waals surface area contributed by atoms with Crippen molar-refractivity contribution in [3.8, 4) is 17.2 Å². The number of aromatic nitrogens is 2. The predicted octanol–water partition coefficient (Wildman–Crippen LogP) is 3.21. The summed E-state index contributed by atoms with van der Waals surface area (Å²) in [7, 11) is 1.84. The van der Waals surface area contributed by atoms with E-state index in [1.807, 2.05) is 32.2 Å². The number of fused-ring (bicyclic) bond motifs is 1. The summed E-state index contributed by atoms with van der Waals surface area (Å²) in [5.41, 5.74) is 1.68. The van der Waals surface area contributed by atoms with Gasteiger partial charge in [-0.2, -0.15) is 4.98 Å². The van der Waals surface area contributed by atoms with Gasteiger partial charge in [0, 0.05) is 43.2 Å². The van der Waals surface area contributed by atoms with E-state index in [4.69, 9.17) is 14.2 Å². The molecule has 1 aromatic carbocycles. The lowest BCUT2D eigenvalue weighted by atomic mass is 10.2. The van der Waals surface area contributed by atoms with Gasteiger partial charge in [0.2, 0.25) is 11.7 Å². The lowest BCUT2D eigenvalue weighted by Crippen LogP contribution is -2.22. The number of benzene rings is 1. The average Bonchev–Trinajstić information content (AvgIpc) is 3.24. The Morgan fingerprint density at radius 1 is 1.10 bits per heavy atom. The SMILES string of the molecule is CNc1cc(C)nc(Nc2cc(OCCCN3CCCC3)c3c(c2)OCCO3)n1. The molecule has 156 valence electrons. The quantitative estimate of drug-likeness (QED) is 0.655. The fourth-order valence-corrected chi connectivity index (χ4v) is 3.66. The number of hydrogen-bond acceptors (Lipinski definition) is 8. The van der Waals surface area contributed by atoms with E-state index < -0.39 is 0 Å². The third-order valence-corrected chi connectivity index (χ3v) is 5.05. The Balaban J connectivity index is 1.47. The zero-order chi connectivity index (χ0) is 20.1. The highest BCUT2D eigenvalue weighted by atomic mass is 16.6. The molecule has 2 N–H and O–H groups in total. The molecule has 0 amide bonds. The van der Waals surface area contributed by atoms with Crippen molar-refractivity contribution in [2.45, 2.75) is 26.2 Å². The zero-order valence-electron chi connectivity index (χ0n) is 17.2. The average molecular weight is 399 g/mol. The van der Waals surface area contributed by atoms with Gasteiger partial charge in [-0.3, -0.25) is 0 Å². The van der Waals surface area contributed by atoms with Crippen molar-refractivity contribution in [2.24, 2.45) is 0 Å². The van der Waals surface area contributed by atoms with Crippen LogP contribution in [-0.4, -0.2) is 61.4 Å². The molecule has 1 fully saturated rings. The summed E-state index contributed by atoms with van der Waals surface area (Å²) in [6, 6.07) is 5.72. The minimum absolute atomic E-state index is 0.519. The highest BCUT2D eigenvalue weighted by Crippen LogP contribution is 2.42. The van der Waals surface area contributed by atoms with Crippen LogP contribution in [0.4, 0.5) is 17.5 Å². The fourth-order valence-electron chi connectivity index (χ4n) is 3.66. The fraction of sp³-hybridized carbons (Fsp3) is 0.524. The third kappa shape index (κ3) is 5.00. The zero-order valence-corrected chi connectivity index (χ0v) is 17.2. The standard InChI is InChI=1S/C21H29N5O3/c1-15-12-19(22-2)25-21(23-15)24-16-13-17(20-18(14-16)28-10-11-29-20)27-9-5-8-26-6-3-4-7-26/h12-14H,3-11H2,1-2H3,(H2,22,23,24,25). The molecule has 0 aliphatic carbocycles. The van der Waals surface area contributed by atoms with Crippen LogP contribution in [0.15, 0.2) is 18.2 Å². The molecular formula is C21H29N5O3. The van der Waals surface area contributed by atoms with Crippen LogP contribution in [0.5, 0.6) is 17.2 Å². The first kappa shape index (κ1) is 19.6. The number of nitrogens with one attached hydrogen (secondary N) is 2. The van der Waals surface area contributed by atoms with Crippen molar-refractivity contribution in [1.82, 2.24) is 14.9 Å². The Morgan fingerprint density at radius 3 is 2.76 bits per heavy atom. The lowest BCUT2D eigenvalue weighted by Gasteiger charge is -2.22. The molecule has 2 aliphatic heterocycles. The van der Waals surface area contributed by atoms with Crippen molar-refractivity contribution in [3.05, 3.63) is 23.9 Å². The molecule has 4 rings (SSSR count). The summed E-state index contributed by atoms with van der Waals surface area (Å²) < 4.78 is 17.7. The normalized spacial score (nSPS) is 15.9. The smallest absolute Gasteiger partial charge is 0.229 e. The van der Waals surface area contributed by atoms with E-state index in [-0.39, 0.29) is 0 Å². The minimum Gasteiger partial charge on any atom is -0.489 e. The largest absolute Gasteiger partial charge is 0.489 e. The van der Waals surface area contributed by atoms with E-state index in [1.165, 1.54) is 25.9 Å². The Hall–Kier alpha value is -2.74. The van der Waals surface area contributed by atoms with Gasteiger partial charge in [-0.1, -0.05) is 0 Å². The lowest BCUT2D eigenvalue weighted by molar-refractivity contribution is 0.161. The van der Waals surface area contributed by atoms with E-state index in [2.05, 4.69) is 25.5 Å². The van der Waals surface area contributed by atoms with E-state index in [0.29, 0.717) is 43.0 Å². The maximum Gasteiger partial charge on any atom is 0.229 e. The van der Waals surface area contributed by atoms with E-state index in [1.54, 1.807) is 0 Å². The summed E-state index contributed by atoms with van der Waals surface area (Å²) in [5.74, 6) is 3.32. The highest BCUT2D eigenvalue weighted by molar-refractivity contribution is 5.66. The molecule has 0 unspecified atom stereocenters. The summed E-state index contributed by atoms with van der Waals surface area (Å²) in [5, 5.41) is 6.31. The first-order valence-corrected chi connectivity index (χ1v) is 10.3. The van der Waals surface area contributed by atoms with Crippen LogP contribution in [0.1, 0.15) is 25.0 Å². The topological polar surface area (TPSA) is 80.8 Å². The Labute approximate surface area is 171 Å². The summed E-state index contributed by atoms with van der Waals surface area (Å²) in [6.07, 6.45) is 3.60. The first-order chi connectivity index (χ1) is 14.2. The number of likely N-dealkylation sites (tertiary alicyclic amines) is 1. The van der Waals surface area contributed by atoms with Gasteiger partial charge in [0.05, 0.1) is 6.61 Å². The number of nitrogens with zero attached hydrogens (tertiary/aromatic N) is 3. The second kappa shape index (κ2) is 9.17. The molecule has 0 atom stereocenters. The number of rotatable bonds is 8. The number of ether oxygens (including phenoxy) is 3. The van der Waals surface area contributed by atoms with Crippen LogP contribution in [-0.2, 0) is 0 Å².